The van der Waals surface area contributed by atoms with Crippen LogP contribution in [0.2, 0.25) is 0 Å². The van der Waals surface area contributed by atoms with Gasteiger partial charge in [-0.3, -0.25) is 9.69 Å². The van der Waals surface area contributed by atoms with Crippen LogP contribution in [0.25, 0.3) is 0 Å². The predicted octanol–water partition coefficient (Wildman–Crippen LogP) is 5.55. The minimum atomic E-state index is -1.18. The number of halogens is 1. The third-order valence-corrected chi connectivity index (χ3v) is 8.16. The lowest BCUT2D eigenvalue weighted by Gasteiger charge is -2.58. The first-order valence-corrected chi connectivity index (χ1v) is 13.1. The fourth-order valence-electron chi connectivity index (χ4n) is 5.59. The summed E-state index contributed by atoms with van der Waals surface area (Å²) in [6, 6.07) is 11.2. The third kappa shape index (κ3) is 5.42. The van der Waals surface area contributed by atoms with Crippen molar-refractivity contribution >= 4 is 17.7 Å². The van der Waals surface area contributed by atoms with Gasteiger partial charge in [0.05, 0.1) is 24.2 Å². The van der Waals surface area contributed by atoms with Crippen molar-refractivity contribution in [1.82, 2.24) is 9.80 Å². The lowest BCUT2D eigenvalue weighted by atomic mass is 9.68. The third-order valence-electron chi connectivity index (χ3n) is 6.82. The van der Waals surface area contributed by atoms with Gasteiger partial charge in [0.15, 0.2) is 0 Å². The molecule has 4 atom stereocenters. The summed E-state index contributed by atoms with van der Waals surface area (Å²) in [5.74, 6) is 0.518. The molecule has 0 radical (unpaired) electrons. The van der Waals surface area contributed by atoms with Gasteiger partial charge in [-0.25, -0.2) is 4.39 Å². The van der Waals surface area contributed by atoms with Crippen molar-refractivity contribution in [3.8, 4) is 12.1 Å². The number of benzene rings is 1. The van der Waals surface area contributed by atoms with E-state index >= 15 is 0 Å². The molecule has 1 aromatic carbocycles. The van der Waals surface area contributed by atoms with E-state index < -0.39 is 23.2 Å². The second kappa shape index (κ2) is 11.1. The van der Waals surface area contributed by atoms with Crippen LogP contribution in [-0.2, 0) is 10.5 Å². The average Bonchev–Trinajstić information content (AvgIpc) is 3.14. The number of amides is 1. The van der Waals surface area contributed by atoms with Crippen LogP contribution in [0.5, 0.6) is 0 Å². The molecule has 1 aliphatic rings. The second-order valence-electron chi connectivity index (χ2n) is 10.8. The van der Waals surface area contributed by atoms with Crippen LogP contribution in [0.15, 0.2) is 24.3 Å². The summed E-state index contributed by atoms with van der Waals surface area (Å²) >= 11 is 1.69. The van der Waals surface area contributed by atoms with E-state index in [0.29, 0.717) is 11.3 Å². The maximum absolute atomic E-state index is 14.5. The van der Waals surface area contributed by atoms with Gasteiger partial charge >= 0.3 is 0 Å². The molecule has 0 saturated carbocycles. The van der Waals surface area contributed by atoms with Gasteiger partial charge < -0.3 is 4.90 Å². The van der Waals surface area contributed by atoms with Crippen LogP contribution in [0, 0.1) is 28.1 Å². The molecule has 1 aliphatic heterocycles. The van der Waals surface area contributed by atoms with E-state index in [-0.39, 0.29) is 36.2 Å². The minimum Gasteiger partial charge on any atom is -0.322 e. The van der Waals surface area contributed by atoms with Crippen LogP contribution >= 0.6 is 11.8 Å². The van der Waals surface area contributed by atoms with Gasteiger partial charge in [0.1, 0.15) is 17.8 Å². The van der Waals surface area contributed by atoms with Gasteiger partial charge in [0.2, 0.25) is 5.91 Å². The van der Waals surface area contributed by atoms with Crippen molar-refractivity contribution in [1.29, 1.82) is 10.5 Å². The molecule has 1 saturated heterocycles. The SMILES string of the molecule is CC(C)N(C(C)C)[C@](C(=O)N1C[C@@H](F)C[C@H]1C#N)(C(C)SCc1ccc(C#N)cc1)C(C)(C)C. The van der Waals surface area contributed by atoms with Crippen LogP contribution in [-0.4, -0.2) is 57.3 Å². The summed E-state index contributed by atoms with van der Waals surface area (Å²) in [6.07, 6.45) is -1.11. The Hall–Kier alpha value is -2.09. The Morgan fingerprint density at radius 1 is 1.15 bits per heavy atom. The van der Waals surface area contributed by atoms with Crippen LogP contribution in [0.1, 0.15) is 72.9 Å². The van der Waals surface area contributed by atoms with Gasteiger partial charge in [-0.05, 0) is 50.8 Å². The number of carbonyl (C=O) groups excluding carboxylic acids is 1. The number of rotatable bonds is 8. The van der Waals surface area contributed by atoms with Gasteiger partial charge in [0, 0.05) is 29.5 Å². The molecule has 7 heteroatoms. The number of nitriles is 2. The molecule has 1 unspecified atom stereocenters. The molecule has 0 N–H and O–H groups in total. The summed E-state index contributed by atoms with van der Waals surface area (Å²) in [6.45, 7) is 16.6. The summed E-state index contributed by atoms with van der Waals surface area (Å²) in [4.78, 5) is 18.3. The number of hydrogen-bond acceptors (Lipinski definition) is 5. The number of nitrogens with zero attached hydrogens (tertiary/aromatic N) is 4. The fourth-order valence-corrected chi connectivity index (χ4v) is 7.04. The van der Waals surface area contributed by atoms with E-state index in [2.05, 4.69) is 72.4 Å². The number of thioether (sulfide) groups is 1. The largest absolute Gasteiger partial charge is 0.322 e. The summed E-state index contributed by atoms with van der Waals surface area (Å²) < 4.78 is 14.4. The van der Waals surface area contributed by atoms with E-state index in [4.69, 9.17) is 5.26 Å². The smallest absolute Gasteiger partial charge is 0.245 e. The zero-order valence-corrected chi connectivity index (χ0v) is 22.6. The number of alkyl halides is 1. The van der Waals surface area contributed by atoms with Gasteiger partial charge in [-0.15, -0.1) is 0 Å². The van der Waals surface area contributed by atoms with E-state index in [1.807, 2.05) is 12.1 Å². The lowest BCUT2D eigenvalue weighted by molar-refractivity contribution is -0.159. The highest BCUT2D eigenvalue weighted by Gasteiger charge is 2.60. The van der Waals surface area contributed by atoms with Gasteiger partial charge in [-0.1, -0.05) is 39.8 Å². The average molecular weight is 487 g/mol. The van der Waals surface area contributed by atoms with Crippen LogP contribution < -0.4 is 0 Å². The summed E-state index contributed by atoms with van der Waals surface area (Å²) in [7, 11) is 0. The highest BCUT2D eigenvalue weighted by molar-refractivity contribution is 7.99. The maximum atomic E-state index is 14.5. The normalized spacial score (nSPS) is 21.4. The van der Waals surface area contributed by atoms with Crippen molar-refractivity contribution in [3.63, 3.8) is 0 Å². The standard InChI is InChI=1S/C27H39FN4OS/c1-18(2)32(19(3)4)27(26(6,7)8,25(33)31-16-23(28)13-24(31)15-30)20(5)34-17-22-11-9-21(14-29)10-12-22/h9-12,18-20,23-24H,13,16-17H2,1-8H3/t20?,23-,24-,27-/m0/s1. The molecule has 1 heterocycles. The van der Waals surface area contributed by atoms with Crippen molar-refractivity contribution in [3.05, 3.63) is 35.4 Å². The van der Waals surface area contributed by atoms with Crippen LogP contribution in [0.4, 0.5) is 4.39 Å². The Kier molecular flexibility index (Phi) is 9.19. The first kappa shape index (κ1) is 28.1. The second-order valence-corrected chi connectivity index (χ2v) is 12.1. The number of hydrogen-bond donors (Lipinski definition) is 0. The lowest BCUT2D eigenvalue weighted by Crippen LogP contribution is -2.73. The first-order chi connectivity index (χ1) is 15.8. The highest BCUT2D eigenvalue weighted by Crippen LogP contribution is 2.48. The Labute approximate surface area is 209 Å². The van der Waals surface area contributed by atoms with Crippen molar-refractivity contribution in [2.75, 3.05) is 6.54 Å². The monoisotopic (exact) mass is 486 g/mol. The van der Waals surface area contributed by atoms with Crippen molar-refractivity contribution in [2.45, 2.75) is 103 Å². The maximum Gasteiger partial charge on any atom is 0.245 e. The summed E-state index contributed by atoms with van der Waals surface area (Å²) in [5.41, 5.74) is 0.228. The molecule has 0 aliphatic carbocycles. The zero-order valence-electron chi connectivity index (χ0n) is 21.8. The fraction of sp³-hybridized carbons (Fsp3) is 0.667. The van der Waals surface area contributed by atoms with Crippen LogP contribution in [0.3, 0.4) is 0 Å². The van der Waals surface area contributed by atoms with Gasteiger partial charge in [-0.2, -0.15) is 22.3 Å². The van der Waals surface area contributed by atoms with Gasteiger partial charge in [0.25, 0.3) is 0 Å². The summed E-state index contributed by atoms with van der Waals surface area (Å²) in [5, 5.41) is 18.6. The molecule has 1 aromatic rings. The Morgan fingerprint density at radius 2 is 1.71 bits per heavy atom. The predicted molar refractivity (Wildman–Crippen MR) is 137 cm³/mol. The molecular weight excluding hydrogens is 447 g/mol. The molecule has 34 heavy (non-hydrogen) atoms. The molecule has 0 bridgehead atoms. The highest BCUT2D eigenvalue weighted by atomic mass is 32.2. The molecule has 186 valence electrons. The quantitative estimate of drug-likeness (QED) is 0.482. The minimum absolute atomic E-state index is 0.0358. The Bertz CT molecular complexity index is 920. The molecular formula is C27H39FN4OS. The number of likely N-dealkylation sites (tertiary alicyclic amines) is 1. The zero-order chi connectivity index (χ0) is 25.8. The molecule has 1 fully saturated rings. The molecule has 1 amide bonds. The molecule has 2 rings (SSSR count). The molecule has 0 aromatic heterocycles. The van der Waals surface area contributed by atoms with E-state index in [1.165, 1.54) is 4.90 Å². The molecule has 5 nitrogen and oxygen atoms in total. The van der Waals surface area contributed by atoms with E-state index in [0.717, 1.165) is 5.56 Å². The van der Waals surface area contributed by atoms with E-state index in [1.54, 1.807) is 23.9 Å². The van der Waals surface area contributed by atoms with Crippen molar-refractivity contribution < 1.29 is 9.18 Å². The first-order valence-electron chi connectivity index (χ1n) is 12.0. The van der Waals surface area contributed by atoms with E-state index in [9.17, 15) is 14.4 Å². The topological polar surface area (TPSA) is 71.1 Å². The van der Waals surface area contributed by atoms with Crippen molar-refractivity contribution in [2.24, 2.45) is 5.41 Å². The Morgan fingerprint density at radius 3 is 2.15 bits per heavy atom. The number of carbonyl (C=O) groups is 1. The Balaban J connectivity index is 2.58. The molecule has 0 spiro atoms.